The molecule has 2 heteroatoms. The fraction of sp³-hybridized carbons (Fsp3) is 1.00. The van der Waals surface area contributed by atoms with Crippen molar-refractivity contribution in [1.82, 2.24) is 0 Å². The maximum atomic E-state index is 11.7. The summed E-state index contributed by atoms with van der Waals surface area (Å²) >= 11 is 0. The van der Waals surface area contributed by atoms with Crippen molar-refractivity contribution in [1.29, 1.82) is 0 Å². The van der Waals surface area contributed by atoms with E-state index >= 15 is 0 Å². The topological polar surface area (TPSA) is 46.2 Å². The number of hydrogen-bond acceptors (Lipinski definition) is 2. The van der Waals surface area contributed by atoms with Gasteiger partial charge in [-0.05, 0) is 74.5 Å². The van der Waals surface area contributed by atoms with Gasteiger partial charge in [0, 0.05) is 11.5 Å². The van der Waals surface area contributed by atoms with Gasteiger partial charge in [0.1, 0.15) is 0 Å². The highest BCUT2D eigenvalue weighted by Crippen LogP contribution is 2.67. The normalized spacial score (nSPS) is 60.0. The van der Waals surface area contributed by atoms with Crippen molar-refractivity contribution in [2.75, 3.05) is 0 Å². The molecule has 7 atom stereocenters. The molecule has 0 aliphatic heterocycles. The van der Waals surface area contributed by atoms with E-state index in [-0.39, 0.29) is 11.5 Å². The van der Waals surface area contributed by atoms with E-state index < -0.39 is 5.60 Å². The van der Waals surface area contributed by atoms with Crippen molar-refractivity contribution >= 4 is 0 Å². The summed E-state index contributed by atoms with van der Waals surface area (Å²) in [5.41, 5.74) is 6.45. The molecular weight excluding hydrogens is 258 g/mol. The zero-order valence-electron chi connectivity index (χ0n) is 13.9. The lowest BCUT2D eigenvalue weighted by Gasteiger charge is -2.63. The molecule has 2 unspecified atom stereocenters. The summed E-state index contributed by atoms with van der Waals surface area (Å²) in [4.78, 5) is 0. The predicted octanol–water partition coefficient (Wildman–Crippen LogP) is 3.86. The van der Waals surface area contributed by atoms with Crippen LogP contribution in [0.4, 0.5) is 0 Å². The Labute approximate surface area is 129 Å². The van der Waals surface area contributed by atoms with Crippen LogP contribution in [0.5, 0.6) is 0 Å². The van der Waals surface area contributed by atoms with Crippen LogP contribution in [0.15, 0.2) is 0 Å². The van der Waals surface area contributed by atoms with Gasteiger partial charge in [-0.15, -0.1) is 0 Å². The summed E-state index contributed by atoms with van der Waals surface area (Å²) in [6.07, 6.45) is 12.7. The summed E-state index contributed by atoms with van der Waals surface area (Å²) < 4.78 is 0. The summed E-state index contributed by atoms with van der Waals surface area (Å²) in [6.45, 7) is 4.85. The van der Waals surface area contributed by atoms with Crippen molar-refractivity contribution in [2.45, 2.75) is 89.7 Å². The monoisotopic (exact) mass is 291 g/mol. The lowest BCUT2D eigenvalue weighted by Crippen LogP contribution is -2.63. The van der Waals surface area contributed by atoms with Crippen LogP contribution < -0.4 is 5.73 Å². The molecule has 21 heavy (non-hydrogen) atoms. The highest BCUT2D eigenvalue weighted by molar-refractivity contribution is 5.17. The minimum Gasteiger partial charge on any atom is -0.389 e. The SMILES string of the molecule is C[C@]12CCCCC1CC[C@@H]1[C@H]2CC[C@]2(C)C(N)CC[C@@]12O. The van der Waals surface area contributed by atoms with Gasteiger partial charge in [-0.25, -0.2) is 0 Å². The largest absolute Gasteiger partial charge is 0.389 e. The lowest BCUT2D eigenvalue weighted by atomic mass is 9.44. The molecule has 0 aromatic heterocycles. The molecule has 0 amide bonds. The van der Waals surface area contributed by atoms with Crippen LogP contribution >= 0.6 is 0 Å². The summed E-state index contributed by atoms with van der Waals surface area (Å²) in [5.74, 6) is 2.19. The Morgan fingerprint density at radius 1 is 0.857 bits per heavy atom. The molecule has 4 saturated carbocycles. The second-order valence-electron chi connectivity index (χ2n) is 9.26. The van der Waals surface area contributed by atoms with Crippen LogP contribution in [0, 0.1) is 28.6 Å². The molecule has 4 aliphatic rings. The minimum atomic E-state index is -0.471. The van der Waals surface area contributed by atoms with Gasteiger partial charge in [0.15, 0.2) is 0 Å². The van der Waals surface area contributed by atoms with Gasteiger partial charge in [-0.1, -0.05) is 26.7 Å². The second-order valence-corrected chi connectivity index (χ2v) is 9.26. The van der Waals surface area contributed by atoms with Crippen LogP contribution in [-0.4, -0.2) is 16.7 Å². The molecule has 4 aliphatic carbocycles. The van der Waals surface area contributed by atoms with Gasteiger partial charge in [-0.3, -0.25) is 0 Å². The Bertz CT molecular complexity index is 437. The van der Waals surface area contributed by atoms with E-state index in [0.29, 0.717) is 11.3 Å². The first kappa shape index (κ1) is 14.5. The Balaban J connectivity index is 1.70. The molecule has 0 aromatic rings. The quantitative estimate of drug-likeness (QED) is 0.712. The molecular formula is C19H33NO. The third-order valence-corrected chi connectivity index (χ3v) is 8.84. The Kier molecular flexibility index (Phi) is 3.09. The first-order valence-corrected chi connectivity index (χ1v) is 9.40. The first-order valence-electron chi connectivity index (χ1n) is 9.40. The highest BCUT2D eigenvalue weighted by Gasteiger charge is 2.66. The smallest absolute Gasteiger partial charge is 0.0747 e. The van der Waals surface area contributed by atoms with Crippen LogP contribution in [0.25, 0.3) is 0 Å². The van der Waals surface area contributed by atoms with Gasteiger partial charge in [-0.2, -0.15) is 0 Å². The highest BCUT2D eigenvalue weighted by atomic mass is 16.3. The number of aliphatic hydroxyl groups is 1. The molecule has 4 rings (SSSR count). The first-order chi connectivity index (χ1) is 9.92. The third-order valence-electron chi connectivity index (χ3n) is 8.84. The molecule has 2 nitrogen and oxygen atoms in total. The van der Waals surface area contributed by atoms with E-state index in [1.54, 1.807) is 0 Å². The molecule has 4 fully saturated rings. The lowest BCUT2D eigenvalue weighted by molar-refractivity contribution is -0.200. The predicted molar refractivity (Wildman–Crippen MR) is 85.8 cm³/mol. The average molecular weight is 291 g/mol. The molecule has 0 aromatic carbocycles. The summed E-state index contributed by atoms with van der Waals surface area (Å²) in [7, 11) is 0. The maximum absolute atomic E-state index is 11.7. The maximum Gasteiger partial charge on any atom is 0.0747 e. The number of hydrogen-bond donors (Lipinski definition) is 2. The van der Waals surface area contributed by atoms with Crippen molar-refractivity contribution in [2.24, 2.45) is 34.3 Å². The fourth-order valence-electron chi connectivity index (χ4n) is 7.30. The van der Waals surface area contributed by atoms with Gasteiger partial charge in [0.25, 0.3) is 0 Å². The minimum absolute atomic E-state index is 0.0218. The Morgan fingerprint density at radius 2 is 1.67 bits per heavy atom. The van der Waals surface area contributed by atoms with E-state index in [1.165, 1.54) is 44.9 Å². The number of rotatable bonds is 0. The van der Waals surface area contributed by atoms with Crippen molar-refractivity contribution in [3.63, 3.8) is 0 Å². The van der Waals surface area contributed by atoms with Gasteiger partial charge in [0.2, 0.25) is 0 Å². The van der Waals surface area contributed by atoms with E-state index in [2.05, 4.69) is 13.8 Å². The van der Waals surface area contributed by atoms with E-state index in [4.69, 9.17) is 5.73 Å². The van der Waals surface area contributed by atoms with E-state index in [1.807, 2.05) is 0 Å². The molecule has 0 heterocycles. The Hall–Kier alpha value is -0.0800. The van der Waals surface area contributed by atoms with Crippen LogP contribution in [-0.2, 0) is 0 Å². The van der Waals surface area contributed by atoms with Crippen LogP contribution in [0.1, 0.15) is 78.1 Å². The third kappa shape index (κ3) is 1.67. The average Bonchev–Trinajstić information content (AvgIpc) is 2.71. The van der Waals surface area contributed by atoms with Crippen molar-refractivity contribution in [3.8, 4) is 0 Å². The van der Waals surface area contributed by atoms with Crippen LogP contribution in [0.2, 0.25) is 0 Å². The summed E-state index contributed by atoms with van der Waals surface area (Å²) in [5, 5.41) is 11.7. The molecule has 0 bridgehead atoms. The number of nitrogens with two attached hydrogens (primary N) is 1. The Morgan fingerprint density at radius 3 is 2.48 bits per heavy atom. The van der Waals surface area contributed by atoms with E-state index in [0.717, 1.165) is 31.1 Å². The van der Waals surface area contributed by atoms with Gasteiger partial charge in [0.05, 0.1) is 5.60 Å². The van der Waals surface area contributed by atoms with E-state index in [9.17, 15) is 5.11 Å². The van der Waals surface area contributed by atoms with Gasteiger partial charge >= 0.3 is 0 Å². The zero-order valence-corrected chi connectivity index (χ0v) is 13.9. The molecule has 0 spiro atoms. The molecule has 0 radical (unpaired) electrons. The molecule has 120 valence electrons. The van der Waals surface area contributed by atoms with Crippen molar-refractivity contribution in [3.05, 3.63) is 0 Å². The molecule has 3 N–H and O–H groups in total. The van der Waals surface area contributed by atoms with Crippen LogP contribution in [0.3, 0.4) is 0 Å². The number of fused-ring (bicyclic) bond motifs is 5. The second kappa shape index (κ2) is 4.47. The van der Waals surface area contributed by atoms with Crippen molar-refractivity contribution < 1.29 is 5.11 Å². The fourth-order valence-corrected chi connectivity index (χ4v) is 7.30. The molecule has 0 saturated heterocycles. The zero-order chi connectivity index (χ0) is 14.9. The summed E-state index contributed by atoms with van der Waals surface area (Å²) in [6, 6.07) is 0.209. The van der Waals surface area contributed by atoms with Gasteiger partial charge < -0.3 is 10.8 Å². The standard InChI is InChI=1S/C19H33NO/c1-17-10-4-3-5-13(17)6-7-15-14(17)8-11-18(2)16(20)9-12-19(15,18)21/h13-16,21H,3-12,20H2,1-2H3/t13?,14-,15-,16?,17+,18-,19-/m1/s1.